The van der Waals surface area contributed by atoms with Crippen molar-refractivity contribution < 1.29 is 22.7 Å². The second-order valence-electron chi connectivity index (χ2n) is 5.62. The van der Waals surface area contributed by atoms with Gasteiger partial charge in [0.25, 0.3) is 0 Å². The average molecular weight is 379 g/mol. The van der Waals surface area contributed by atoms with E-state index in [1.165, 1.54) is 12.1 Å². The molecule has 0 saturated heterocycles. The summed E-state index contributed by atoms with van der Waals surface area (Å²) in [5, 5.41) is 0. The summed E-state index contributed by atoms with van der Waals surface area (Å²) in [7, 11) is 0. The van der Waals surface area contributed by atoms with Gasteiger partial charge in [-0.05, 0) is 50.2 Å². The van der Waals surface area contributed by atoms with Crippen molar-refractivity contribution in [1.29, 1.82) is 0 Å². The molecule has 0 N–H and O–H groups in total. The fourth-order valence-electron chi connectivity index (χ4n) is 2.90. The normalized spacial score (nSPS) is 22.4. The summed E-state index contributed by atoms with van der Waals surface area (Å²) >= 11 is 2.95. The molecule has 0 aliphatic heterocycles. The maximum absolute atomic E-state index is 13.1. The van der Waals surface area contributed by atoms with Crippen molar-refractivity contribution in [1.82, 2.24) is 0 Å². The van der Waals surface area contributed by atoms with Crippen LogP contribution in [0, 0.1) is 5.92 Å². The molecule has 0 radical (unpaired) electrons. The standard InChI is InChI=1S/C16H18BrF3O2/c17-13-4-1-5-14(15(13)16(18,19)20)22-12-8-6-11(7-9-12)3-2-10-21/h1,4-5,10-12H,2-3,6-9H2/t11-,12-. The van der Waals surface area contributed by atoms with Crippen molar-refractivity contribution in [2.24, 2.45) is 5.92 Å². The Bertz CT molecular complexity index is 509. The summed E-state index contributed by atoms with van der Waals surface area (Å²) in [6.07, 6.45) is 0.947. The maximum atomic E-state index is 13.1. The Labute approximate surface area is 136 Å². The maximum Gasteiger partial charge on any atom is 0.421 e. The van der Waals surface area contributed by atoms with Gasteiger partial charge in [0.05, 0.1) is 6.10 Å². The van der Waals surface area contributed by atoms with E-state index >= 15 is 0 Å². The molecule has 0 aromatic heterocycles. The van der Waals surface area contributed by atoms with Gasteiger partial charge in [-0.1, -0.05) is 22.0 Å². The predicted octanol–water partition coefficient (Wildman–Crippen LogP) is 5.38. The third kappa shape index (κ3) is 4.48. The summed E-state index contributed by atoms with van der Waals surface area (Å²) in [5.41, 5.74) is -0.752. The van der Waals surface area contributed by atoms with Gasteiger partial charge in [-0.2, -0.15) is 13.2 Å². The SMILES string of the molecule is O=CCC[C@H]1CC[C@H](Oc2cccc(Br)c2C(F)(F)F)CC1. The molecule has 1 fully saturated rings. The second-order valence-corrected chi connectivity index (χ2v) is 6.47. The van der Waals surface area contributed by atoms with Gasteiger partial charge in [0.15, 0.2) is 0 Å². The van der Waals surface area contributed by atoms with Crippen LogP contribution < -0.4 is 4.74 Å². The zero-order valence-electron chi connectivity index (χ0n) is 12.0. The molecular formula is C16H18BrF3O2. The summed E-state index contributed by atoms with van der Waals surface area (Å²) in [5.74, 6) is 0.368. The smallest absolute Gasteiger partial charge is 0.421 e. The van der Waals surface area contributed by atoms with Crippen LogP contribution in [0.3, 0.4) is 0 Å². The second kappa shape index (κ2) is 7.49. The van der Waals surface area contributed by atoms with Gasteiger partial charge in [0, 0.05) is 10.9 Å². The third-order valence-electron chi connectivity index (χ3n) is 4.04. The lowest BCUT2D eigenvalue weighted by Crippen LogP contribution is -2.25. The van der Waals surface area contributed by atoms with Crippen molar-refractivity contribution in [3.05, 3.63) is 28.2 Å². The number of aldehydes is 1. The molecule has 122 valence electrons. The van der Waals surface area contributed by atoms with Gasteiger partial charge >= 0.3 is 6.18 Å². The minimum atomic E-state index is -4.45. The van der Waals surface area contributed by atoms with E-state index < -0.39 is 11.7 Å². The largest absolute Gasteiger partial charge is 0.490 e. The molecule has 0 amide bonds. The Morgan fingerprint density at radius 1 is 1.23 bits per heavy atom. The van der Waals surface area contributed by atoms with Gasteiger partial charge in [-0.25, -0.2) is 0 Å². The number of benzene rings is 1. The van der Waals surface area contributed by atoms with Crippen LogP contribution in [0.1, 0.15) is 44.1 Å². The van der Waals surface area contributed by atoms with E-state index in [2.05, 4.69) is 15.9 Å². The number of ether oxygens (including phenoxy) is 1. The molecule has 2 rings (SSSR count). The Morgan fingerprint density at radius 3 is 2.50 bits per heavy atom. The third-order valence-corrected chi connectivity index (χ3v) is 4.70. The molecule has 0 bridgehead atoms. The van der Waals surface area contributed by atoms with Crippen LogP contribution in [0.4, 0.5) is 13.2 Å². The highest BCUT2D eigenvalue weighted by Gasteiger charge is 2.37. The first-order valence-electron chi connectivity index (χ1n) is 7.37. The first-order valence-corrected chi connectivity index (χ1v) is 8.17. The fraction of sp³-hybridized carbons (Fsp3) is 0.562. The van der Waals surface area contributed by atoms with E-state index in [1.807, 2.05) is 0 Å². The lowest BCUT2D eigenvalue weighted by Gasteiger charge is -2.29. The average Bonchev–Trinajstić information content (AvgIpc) is 2.45. The van der Waals surface area contributed by atoms with Crippen LogP contribution in [0.15, 0.2) is 22.7 Å². The molecule has 1 aliphatic carbocycles. The first kappa shape index (κ1) is 17.3. The van der Waals surface area contributed by atoms with Gasteiger partial charge in [-0.3, -0.25) is 0 Å². The zero-order valence-corrected chi connectivity index (χ0v) is 13.6. The van der Waals surface area contributed by atoms with Crippen LogP contribution >= 0.6 is 15.9 Å². The van der Waals surface area contributed by atoms with Crippen molar-refractivity contribution in [3.8, 4) is 5.75 Å². The van der Waals surface area contributed by atoms with Crippen LogP contribution in [-0.4, -0.2) is 12.4 Å². The quantitative estimate of drug-likeness (QED) is 0.642. The molecular weight excluding hydrogens is 361 g/mol. The molecule has 0 atom stereocenters. The van der Waals surface area contributed by atoms with E-state index in [0.717, 1.165) is 38.4 Å². The lowest BCUT2D eigenvalue weighted by atomic mass is 9.84. The van der Waals surface area contributed by atoms with E-state index in [-0.39, 0.29) is 16.3 Å². The van der Waals surface area contributed by atoms with Crippen molar-refractivity contribution >= 4 is 22.2 Å². The van der Waals surface area contributed by atoms with Gasteiger partial charge in [0.2, 0.25) is 0 Å². The molecule has 0 heterocycles. The summed E-state index contributed by atoms with van der Waals surface area (Å²) in [6, 6.07) is 4.28. The Kier molecular flexibility index (Phi) is 5.89. The number of rotatable bonds is 5. The highest BCUT2D eigenvalue weighted by molar-refractivity contribution is 9.10. The monoisotopic (exact) mass is 378 g/mol. The molecule has 1 aliphatic rings. The van der Waals surface area contributed by atoms with E-state index in [1.54, 1.807) is 6.07 Å². The highest BCUT2D eigenvalue weighted by atomic mass is 79.9. The fourth-order valence-corrected chi connectivity index (χ4v) is 3.47. The van der Waals surface area contributed by atoms with Gasteiger partial charge < -0.3 is 9.53 Å². The van der Waals surface area contributed by atoms with Crippen LogP contribution in [0.2, 0.25) is 0 Å². The lowest BCUT2D eigenvalue weighted by molar-refractivity contribution is -0.140. The topological polar surface area (TPSA) is 26.3 Å². The molecule has 2 nitrogen and oxygen atoms in total. The molecule has 0 spiro atoms. The molecule has 1 aromatic rings. The van der Waals surface area contributed by atoms with Crippen molar-refractivity contribution in [3.63, 3.8) is 0 Å². The number of alkyl halides is 3. The van der Waals surface area contributed by atoms with E-state index in [4.69, 9.17) is 4.74 Å². The van der Waals surface area contributed by atoms with Crippen LogP contribution in [0.25, 0.3) is 0 Å². The Hall–Kier alpha value is -1.04. The van der Waals surface area contributed by atoms with E-state index in [0.29, 0.717) is 12.3 Å². The van der Waals surface area contributed by atoms with Gasteiger partial charge in [0.1, 0.15) is 17.6 Å². The number of carbonyl (C=O) groups excluding carboxylic acids is 1. The van der Waals surface area contributed by atoms with E-state index in [9.17, 15) is 18.0 Å². The number of hydrogen-bond donors (Lipinski definition) is 0. The molecule has 1 aromatic carbocycles. The van der Waals surface area contributed by atoms with Crippen LogP contribution in [0.5, 0.6) is 5.75 Å². The Morgan fingerprint density at radius 2 is 1.91 bits per heavy atom. The molecule has 6 heteroatoms. The summed E-state index contributed by atoms with van der Waals surface area (Å²) in [4.78, 5) is 10.4. The number of hydrogen-bond acceptors (Lipinski definition) is 2. The van der Waals surface area contributed by atoms with Gasteiger partial charge in [-0.15, -0.1) is 0 Å². The molecule has 1 saturated carbocycles. The Balaban J connectivity index is 2.01. The molecule has 0 unspecified atom stereocenters. The number of halogens is 4. The summed E-state index contributed by atoms with van der Waals surface area (Å²) in [6.45, 7) is 0. The van der Waals surface area contributed by atoms with Crippen molar-refractivity contribution in [2.45, 2.75) is 50.8 Å². The first-order chi connectivity index (χ1) is 10.4. The predicted molar refractivity (Wildman–Crippen MR) is 80.8 cm³/mol. The molecule has 22 heavy (non-hydrogen) atoms. The van der Waals surface area contributed by atoms with Crippen molar-refractivity contribution in [2.75, 3.05) is 0 Å². The number of carbonyl (C=O) groups is 1. The minimum Gasteiger partial charge on any atom is -0.490 e. The van der Waals surface area contributed by atoms with Crippen LogP contribution in [-0.2, 0) is 11.0 Å². The minimum absolute atomic E-state index is 0.00262. The summed E-state index contributed by atoms with van der Waals surface area (Å²) < 4.78 is 45.0. The zero-order chi connectivity index (χ0) is 16.2. The highest BCUT2D eigenvalue weighted by Crippen LogP contribution is 2.42.